The van der Waals surface area contributed by atoms with Gasteiger partial charge in [0.25, 0.3) is 0 Å². The van der Waals surface area contributed by atoms with Gasteiger partial charge in [-0.15, -0.1) is 0 Å². The smallest absolute Gasteiger partial charge is 0.238 e. The lowest BCUT2D eigenvalue weighted by molar-refractivity contribution is 0.130. The van der Waals surface area contributed by atoms with Gasteiger partial charge in [-0.3, -0.25) is 4.99 Å². The van der Waals surface area contributed by atoms with E-state index in [0.717, 1.165) is 22.4 Å². The van der Waals surface area contributed by atoms with E-state index in [1.165, 1.54) is 14.2 Å². The van der Waals surface area contributed by atoms with Crippen LogP contribution in [0.5, 0.6) is 0 Å². The summed E-state index contributed by atoms with van der Waals surface area (Å²) in [6, 6.07) is 15.1. The largest absolute Gasteiger partial charge is 0.480 e. The van der Waals surface area contributed by atoms with Crippen molar-refractivity contribution in [2.45, 2.75) is 13.5 Å². The molecule has 7 heteroatoms. The molecule has 6 nitrogen and oxygen atoms in total. The molecular formula is C20H22ClN3O3. The molecule has 2 aromatic rings. The van der Waals surface area contributed by atoms with E-state index in [-0.39, 0.29) is 6.61 Å². The first-order chi connectivity index (χ1) is 13.1. The van der Waals surface area contributed by atoms with Gasteiger partial charge >= 0.3 is 0 Å². The maximum atomic E-state index is 5.91. The molecule has 0 aliphatic carbocycles. The molecule has 2 aromatic carbocycles. The van der Waals surface area contributed by atoms with Crippen molar-refractivity contribution in [1.82, 2.24) is 0 Å². The average molecular weight is 388 g/mol. The third-order valence-corrected chi connectivity index (χ3v) is 3.99. The van der Waals surface area contributed by atoms with Crippen molar-refractivity contribution < 1.29 is 14.4 Å². The topological polar surface area (TPSA) is 64.8 Å². The first-order valence-electron chi connectivity index (χ1n) is 8.23. The Morgan fingerprint density at radius 3 is 2.33 bits per heavy atom. The van der Waals surface area contributed by atoms with Crippen molar-refractivity contribution in [2.75, 3.05) is 21.3 Å². The molecule has 0 saturated heterocycles. The SMILES string of the molecule is CN=C(OC)/C(=N/OC)c1ccccc1CO/N=C(\C)c1ccc(Cl)cc1. The Labute approximate surface area is 164 Å². The molecule has 0 atom stereocenters. The van der Waals surface area contributed by atoms with E-state index in [0.29, 0.717) is 16.6 Å². The summed E-state index contributed by atoms with van der Waals surface area (Å²) in [6.45, 7) is 2.13. The highest BCUT2D eigenvalue weighted by Gasteiger charge is 2.17. The maximum absolute atomic E-state index is 5.91. The van der Waals surface area contributed by atoms with E-state index in [4.69, 9.17) is 26.0 Å². The zero-order chi connectivity index (χ0) is 19.6. The normalized spacial score (nSPS) is 12.7. The van der Waals surface area contributed by atoms with Crippen LogP contribution in [0.4, 0.5) is 0 Å². The van der Waals surface area contributed by atoms with E-state index in [9.17, 15) is 0 Å². The molecule has 0 aliphatic heterocycles. The molecule has 2 rings (SSSR count). The number of rotatable bonds is 7. The number of benzene rings is 2. The molecule has 0 bridgehead atoms. The fourth-order valence-corrected chi connectivity index (χ4v) is 2.53. The third kappa shape index (κ3) is 5.56. The predicted octanol–water partition coefficient (Wildman–Crippen LogP) is 4.31. The fraction of sp³-hybridized carbons (Fsp3) is 0.250. The molecule has 0 saturated carbocycles. The van der Waals surface area contributed by atoms with Crippen molar-refractivity contribution in [1.29, 1.82) is 0 Å². The van der Waals surface area contributed by atoms with Gasteiger partial charge in [-0.1, -0.05) is 58.3 Å². The van der Waals surface area contributed by atoms with Crippen molar-refractivity contribution in [3.8, 4) is 0 Å². The quantitative estimate of drug-likeness (QED) is 0.404. The highest BCUT2D eigenvalue weighted by molar-refractivity contribution is 6.45. The summed E-state index contributed by atoms with van der Waals surface area (Å²) >= 11 is 5.91. The van der Waals surface area contributed by atoms with Gasteiger partial charge in [0.1, 0.15) is 13.7 Å². The Bertz CT molecular complexity index is 846. The van der Waals surface area contributed by atoms with Crippen LogP contribution in [0, 0.1) is 0 Å². The van der Waals surface area contributed by atoms with E-state index < -0.39 is 0 Å². The average Bonchev–Trinajstić information content (AvgIpc) is 2.69. The summed E-state index contributed by atoms with van der Waals surface area (Å²) in [4.78, 5) is 14.6. The lowest BCUT2D eigenvalue weighted by Crippen LogP contribution is -2.20. The summed E-state index contributed by atoms with van der Waals surface area (Å²) in [5, 5.41) is 8.92. The number of nitrogens with zero attached hydrogens (tertiary/aromatic N) is 3. The number of aliphatic imine (C=N–C) groups is 1. The van der Waals surface area contributed by atoms with Gasteiger partial charge in [-0.25, -0.2) is 0 Å². The zero-order valence-electron chi connectivity index (χ0n) is 15.8. The van der Waals surface area contributed by atoms with E-state index in [1.807, 2.05) is 55.5 Å². The summed E-state index contributed by atoms with van der Waals surface area (Å²) in [7, 11) is 4.64. The van der Waals surface area contributed by atoms with Crippen LogP contribution in [0.2, 0.25) is 5.02 Å². The van der Waals surface area contributed by atoms with Gasteiger partial charge in [-0.2, -0.15) is 0 Å². The van der Waals surface area contributed by atoms with Crippen LogP contribution in [0.15, 0.2) is 63.8 Å². The highest BCUT2D eigenvalue weighted by Crippen LogP contribution is 2.15. The number of hydrogen-bond donors (Lipinski definition) is 0. The van der Waals surface area contributed by atoms with Crippen molar-refractivity contribution in [2.24, 2.45) is 15.3 Å². The molecule has 0 unspecified atom stereocenters. The first-order valence-corrected chi connectivity index (χ1v) is 8.61. The molecule has 0 fully saturated rings. The van der Waals surface area contributed by atoms with Gasteiger partial charge in [0.15, 0.2) is 5.71 Å². The summed E-state index contributed by atoms with van der Waals surface area (Å²) < 4.78 is 5.29. The zero-order valence-corrected chi connectivity index (χ0v) is 16.5. The van der Waals surface area contributed by atoms with Crippen LogP contribution in [0.25, 0.3) is 0 Å². The predicted molar refractivity (Wildman–Crippen MR) is 109 cm³/mol. The molecule has 0 N–H and O–H groups in total. The van der Waals surface area contributed by atoms with Gasteiger partial charge in [0.05, 0.1) is 12.8 Å². The second-order valence-electron chi connectivity index (χ2n) is 5.47. The number of methoxy groups -OCH3 is 1. The van der Waals surface area contributed by atoms with Crippen LogP contribution >= 0.6 is 11.6 Å². The minimum Gasteiger partial charge on any atom is -0.480 e. The number of hydrogen-bond acceptors (Lipinski definition) is 6. The van der Waals surface area contributed by atoms with E-state index >= 15 is 0 Å². The lowest BCUT2D eigenvalue weighted by atomic mass is 10.0. The molecular weight excluding hydrogens is 366 g/mol. The Balaban J connectivity index is 2.21. The van der Waals surface area contributed by atoms with E-state index in [2.05, 4.69) is 15.3 Å². The van der Waals surface area contributed by atoms with Crippen LogP contribution in [-0.4, -0.2) is 38.6 Å². The summed E-state index contributed by atoms with van der Waals surface area (Å²) in [6.07, 6.45) is 0. The van der Waals surface area contributed by atoms with Crippen LogP contribution in [-0.2, 0) is 21.0 Å². The van der Waals surface area contributed by atoms with Crippen LogP contribution in [0.3, 0.4) is 0 Å². The van der Waals surface area contributed by atoms with Crippen molar-refractivity contribution >= 4 is 28.9 Å². The molecule has 0 amide bonds. The molecule has 142 valence electrons. The second kappa shape index (κ2) is 10.3. The van der Waals surface area contributed by atoms with E-state index in [1.54, 1.807) is 7.05 Å². The second-order valence-corrected chi connectivity index (χ2v) is 5.91. The number of oxime groups is 2. The minimum absolute atomic E-state index is 0.255. The van der Waals surface area contributed by atoms with Gasteiger partial charge in [0.2, 0.25) is 5.90 Å². The Morgan fingerprint density at radius 1 is 1.00 bits per heavy atom. The van der Waals surface area contributed by atoms with Gasteiger partial charge < -0.3 is 14.4 Å². The van der Waals surface area contributed by atoms with Crippen molar-refractivity contribution in [3.05, 3.63) is 70.2 Å². The van der Waals surface area contributed by atoms with Crippen molar-refractivity contribution in [3.63, 3.8) is 0 Å². The molecule has 0 aliphatic rings. The monoisotopic (exact) mass is 387 g/mol. The molecule has 0 heterocycles. The Morgan fingerprint density at radius 2 is 1.70 bits per heavy atom. The molecule has 0 aromatic heterocycles. The summed E-state index contributed by atoms with van der Waals surface area (Å²) in [5.41, 5.74) is 3.84. The fourth-order valence-electron chi connectivity index (χ4n) is 2.41. The number of ether oxygens (including phenoxy) is 1. The highest BCUT2D eigenvalue weighted by atomic mass is 35.5. The lowest BCUT2D eigenvalue weighted by Gasteiger charge is -2.12. The van der Waals surface area contributed by atoms with Gasteiger partial charge in [0, 0.05) is 23.2 Å². The van der Waals surface area contributed by atoms with Gasteiger partial charge in [-0.05, 0) is 24.6 Å². The Kier molecular flexibility index (Phi) is 7.82. The maximum Gasteiger partial charge on any atom is 0.238 e. The Hall–Kier alpha value is -2.86. The molecule has 0 spiro atoms. The minimum atomic E-state index is 0.255. The summed E-state index contributed by atoms with van der Waals surface area (Å²) in [5.74, 6) is 0.366. The van der Waals surface area contributed by atoms with Crippen LogP contribution in [0.1, 0.15) is 23.6 Å². The molecule has 0 radical (unpaired) electrons. The first kappa shape index (κ1) is 20.5. The van der Waals surface area contributed by atoms with Crippen LogP contribution < -0.4 is 0 Å². The number of halogens is 1. The standard InChI is InChI=1S/C20H22ClN3O3/c1-14(15-9-11-17(21)12-10-15)23-27-13-16-7-5-6-8-18(16)19(24-26-4)20(22-2)25-3/h5-12H,13H2,1-4H3/b22-20?,23-14+,24-19+. The third-order valence-electron chi connectivity index (χ3n) is 3.74. The molecule has 27 heavy (non-hydrogen) atoms.